The first-order valence-corrected chi connectivity index (χ1v) is 7.79. The van der Waals surface area contributed by atoms with E-state index < -0.39 is 0 Å². The van der Waals surface area contributed by atoms with Gasteiger partial charge in [0.25, 0.3) is 0 Å². The summed E-state index contributed by atoms with van der Waals surface area (Å²) < 4.78 is 0. The first-order valence-electron chi connectivity index (χ1n) is 6.81. The molecule has 5 heteroatoms. The molecule has 0 aliphatic carbocycles. The van der Waals surface area contributed by atoms with Gasteiger partial charge in [-0.15, -0.1) is 0 Å². The highest BCUT2D eigenvalue weighted by Crippen LogP contribution is 2.20. The lowest BCUT2D eigenvalue weighted by Crippen LogP contribution is -2.42. The van der Waals surface area contributed by atoms with Crippen LogP contribution in [0.3, 0.4) is 0 Å². The summed E-state index contributed by atoms with van der Waals surface area (Å²) in [5, 5.41) is 0.704. The van der Waals surface area contributed by atoms with Crippen LogP contribution in [-0.2, 0) is 4.79 Å². The summed E-state index contributed by atoms with van der Waals surface area (Å²) in [5.41, 5.74) is 1.91. The third kappa shape index (κ3) is 3.93. The SMILES string of the molecule is Cc1cc(C)nc(SCC(=O)N2CCCCC2C)n1. The second kappa shape index (κ2) is 6.37. The summed E-state index contributed by atoms with van der Waals surface area (Å²) in [5.74, 6) is 0.646. The number of hydrogen-bond donors (Lipinski definition) is 0. The number of aryl methyl sites for hydroxylation is 2. The first kappa shape index (κ1) is 14.3. The van der Waals surface area contributed by atoms with Crippen molar-refractivity contribution in [3.63, 3.8) is 0 Å². The lowest BCUT2D eigenvalue weighted by atomic mass is 10.0. The molecule has 1 amide bonds. The van der Waals surface area contributed by atoms with Gasteiger partial charge in [0.15, 0.2) is 5.16 Å². The number of amides is 1. The maximum absolute atomic E-state index is 12.2. The lowest BCUT2D eigenvalue weighted by molar-refractivity contribution is -0.131. The summed E-state index contributed by atoms with van der Waals surface area (Å²) in [4.78, 5) is 22.9. The van der Waals surface area contributed by atoms with Gasteiger partial charge >= 0.3 is 0 Å². The maximum Gasteiger partial charge on any atom is 0.233 e. The highest BCUT2D eigenvalue weighted by molar-refractivity contribution is 7.99. The normalized spacial score (nSPS) is 19.5. The van der Waals surface area contributed by atoms with E-state index in [1.165, 1.54) is 18.2 Å². The molecule has 19 heavy (non-hydrogen) atoms. The van der Waals surface area contributed by atoms with E-state index in [1.807, 2.05) is 24.8 Å². The predicted molar refractivity (Wildman–Crippen MR) is 77.3 cm³/mol. The van der Waals surface area contributed by atoms with Crippen molar-refractivity contribution >= 4 is 17.7 Å². The van der Waals surface area contributed by atoms with E-state index in [-0.39, 0.29) is 5.91 Å². The summed E-state index contributed by atoms with van der Waals surface area (Å²) in [6.45, 7) is 6.93. The van der Waals surface area contributed by atoms with Gasteiger partial charge < -0.3 is 4.90 Å². The zero-order valence-corrected chi connectivity index (χ0v) is 12.7. The third-order valence-electron chi connectivity index (χ3n) is 3.41. The Hall–Kier alpha value is -1.10. The largest absolute Gasteiger partial charge is 0.339 e. The summed E-state index contributed by atoms with van der Waals surface area (Å²) in [6.07, 6.45) is 3.48. The van der Waals surface area contributed by atoms with E-state index in [9.17, 15) is 4.79 Å². The van der Waals surface area contributed by atoms with Gasteiger partial charge in [0.2, 0.25) is 5.91 Å². The number of carbonyl (C=O) groups excluding carboxylic acids is 1. The Bertz CT molecular complexity index is 444. The Morgan fingerprint density at radius 2 is 2.05 bits per heavy atom. The lowest BCUT2D eigenvalue weighted by Gasteiger charge is -2.33. The molecule has 1 aromatic rings. The fraction of sp³-hybridized carbons (Fsp3) is 0.643. The number of thioether (sulfide) groups is 1. The number of aromatic nitrogens is 2. The second-order valence-electron chi connectivity index (χ2n) is 5.15. The monoisotopic (exact) mass is 279 g/mol. The standard InChI is InChI=1S/C14H21N3OS/c1-10-8-11(2)16-14(15-10)19-9-13(18)17-7-5-4-6-12(17)3/h8,12H,4-7,9H2,1-3H3. The zero-order chi connectivity index (χ0) is 13.8. The van der Waals surface area contributed by atoms with Crippen molar-refractivity contribution in [1.82, 2.24) is 14.9 Å². The average Bonchev–Trinajstić information content (AvgIpc) is 2.35. The number of hydrogen-bond acceptors (Lipinski definition) is 4. The first-order chi connectivity index (χ1) is 9.06. The van der Waals surface area contributed by atoms with Crippen molar-refractivity contribution in [3.8, 4) is 0 Å². The fourth-order valence-corrected chi connectivity index (χ4v) is 3.27. The van der Waals surface area contributed by atoms with Crippen molar-refractivity contribution in [2.75, 3.05) is 12.3 Å². The highest BCUT2D eigenvalue weighted by Gasteiger charge is 2.23. The molecule has 0 radical (unpaired) electrons. The van der Waals surface area contributed by atoms with Gasteiger partial charge in [0.05, 0.1) is 5.75 Å². The van der Waals surface area contributed by atoms with Crippen molar-refractivity contribution in [1.29, 1.82) is 0 Å². The molecule has 1 aliphatic rings. The molecule has 4 nitrogen and oxygen atoms in total. The minimum atomic E-state index is 0.208. The third-order valence-corrected chi connectivity index (χ3v) is 4.24. The molecule has 104 valence electrons. The van der Waals surface area contributed by atoms with Gasteiger partial charge in [-0.3, -0.25) is 4.79 Å². The number of piperidine rings is 1. The van der Waals surface area contributed by atoms with Crippen molar-refractivity contribution in [3.05, 3.63) is 17.5 Å². The maximum atomic E-state index is 12.2. The Kier molecular flexibility index (Phi) is 4.80. The molecule has 1 atom stereocenters. The van der Waals surface area contributed by atoms with Crippen LogP contribution in [0.2, 0.25) is 0 Å². The van der Waals surface area contributed by atoms with Gasteiger partial charge in [-0.2, -0.15) is 0 Å². The topological polar surface area (TPSA) is 46.1 Å². The van der Waals surface area contributed by atoms with Gasteiger partial charge in [0, 0.05) is 24.0 Å². The molecule has 1 aromatic heterocycles. The molecule has 0 saturated carbocycles. The molecule has 0 bridgehead atoms. The van der Waals surface area contributed by atoms with E-state index in [4.69, 9.17) is 0 Å². The van der Waals surface area contributed by atoms with Crippen LogP contribution in [0.1, 0.15) is 37.6 Å². The Balaban J connectivity index is 1.92. The Labute approximate surface area is 119 Å². The van der Waals surface area contributed by atoms with Gasteiger partial charge in [-0.05, 0) is 46.1 Å². The number of rotatable bonds is 3. The van der Waals surface area contributed by atoms with Gasteiger partial charge in [-0.1, -0.05) is 11.8 Å². The average molecular weight is 279 g/mol. The van der Waals surface area contributed by atoms with Crippen LogP contribution < -0.4 is 0 Å². The minimum Gasteiger partial charge on any atom is -0.339 e. The Morgan fingerprint density at radius 1 is 1.37 bits per heavy atom. The fourth-order valence-electron chi connectivity index (χ4n) is 2.44. The quantitative estimate of drug-likeness (QED) is 0.630. The molecule has 1 saturated heterocycles. The van der Waals surface area contributed by atoms with E-state index in [0.29, 0.717) is 17.0 Å². The highest BCUT2D eigenvalue weighted by atomic mass is 32.2. The summed E-state index contributed by atoms with van der Waals surface area (Å²) in [6, 6.07) is 2.32. The van der Waals surface area contributed by atoms with E-state index in [2.05, 4.69) is 16.9 Å². The van der Waals surface area contributed by atoms with E-state index in [0.717, 1.165) is 30.8 Å². The van der Waals surface area contributed by atoms with Crippen molar-refractivity contribution in [2.24, 2.45) is 0 Å². The molecule has 1 unspecified atom stereocenters. The number of likely N-dealkylation sites (tertiary alicyclic amines) is 1. The minimum absolute atomic E-state index is 0.208. The van der Waals surface area contributed by atoms with Crippen LogP contribution in [-0.4, -0.2) is 39.1 Å². The molecular formula is C14H21N3OS. The Morgan fingerprint density at radius 3 is 2.68 bits per heavy atom. The number of nitrogens with zero attached hydrogens (tertiary/aromatic N) is 3. The van der Waals surface area contributed by atoms with Crippen LogP contribution in [0, 0.1) is 13.8 Å². The van der Waals surface area contributed by atoms with Gasteiger partial charge in [-0.25, -0.2) is 9.97 Å². The van der Waals surface area contributed by atoms with Crippen LogP contribution >= 0.6 is 11.8 Å². The van der Waals surface area contributed by atoms with Crippen LogP contribution in [0.25, 0.3) is 0 Å². The summed E-state index contributed by atoms with van der Waals surface area (Å²) >= 11 is 1.44. The molecular weight excluding hydrogens is 258 g/mol. The van der Waals surface area contributed by atoms with Crippen molar-refractivity contribution in [2.45, 2.75) is 51.2 Å². The number of carbonyl (C=O) groups is 1. The molecule has 1 aliphatic heterocycles. The van der Waals surface area contributed by atoms with Crippen LogP contribution in [0.4, 0.5) is 0 Å². The predicted octanol–water partition coefficient (Wildman–Crippen LogP) is 2.59. The molecule has 0 N–H and O–H groups in total. The molecule has 2 heterocycles. The molecule has 0 spiro atoms. The second-order valence-corrected chi connectivity index (χ2v) is 6.10. The van der Waals surface area contributed by atoms with Gasteiger partial charge in [0.1, 0.15) is 0 Å². The smallest absolute Gasteiger partial charge is 0.233 e. The van der Waals surface area contributed by atoms with Crippen LogP contribution in [0.5, 0.6) is 0 Å². The van der Waals surface area contributed by atoms with E-state index >= 15 is 0 Å². The summed E-state index contributed by atoms with van der Waals surface area (Å²) in [7, 11) is 0. The van der Waals surface area contributed by atoms with Crippen molar-refractivity contribution < 1.29 is 4.79 Å². The van der Waals surface area contributed by atoms with E-state index in [1.54, 1.807) is 0 Å². The van der Waals surface area contributed by atoms with Crippen LogP contribution in [0.15, 0.2) is 11.2 Å². The zero-order valence-electron chi connectivity index (χ0n) is 11.8. The molecule has 2 rings (SSSR count). The molecule has 1 fully saturated rings. The molecule has 0 aromatic carbocycles.